The maximum absolute atomic E-state index is 13.7. The predicted molar refractivity (Wildman–Crippen MR) is 148 cm³/mol. The van der Waals surface area contributed by atoms with Crippen LogP contribution < -0.4 is 10.1 Å². The van der Waals surface area contributed by atoms with Crippen LogP contribution in [0.3, 0.4) is 0 Å². The first-order chi connectivity index (χ1) is 17.9. The van der Waals surface area contributed by atoms with Gasteiger partial charge in [-0.2, -0.15) is 0 Å². The molecule has 4 rings (SSSR count). The molecule has 1 atom stereocenters. The first-order valence-corrected chi connectivity index (χ1v) is 13.4. The largest absolute Gasteiger partial charge is 0.482 e. The summed E-state index contributed by atoms with van der Waals surface area (Å²) < 4.78 is 5.80. The topological polar surface area (TPSA) is 58.6 Å². The van der Waals surface area contributed by atoms with Crippen molar-refractivity contribution in [1.29, 1.82) is 0 Å². The summed E-state index contributed by atoms with van der Waals surface area (Å²) in [6.07, 6.45) is 4.55. The maximum Gasteiger partial charge on any atom is 0.261 e. The summed E-state index contributed by atoms with van der Waals surface area (Å²) in [6, 6.07) is 22.0. The number of rotatable bonds is 10. The van der Waals surface area contributed by atoms with Crippen LogP contribution in [0.15, 0.2) is 72.8 Å². The van der Waals surface area contributed by atoms with E-state index in [0.717, 1.165) is 42.4 Å². The van der Waals surface area contributed by atoms with Gasteiger partial charge in [-0.3, -0.25) is 9.59 Å². The Bertz CT molecular complexity index is 1210. The SMILES string of the molecule is Cc1ccccc1CN(C(=O)COc1ccc(Cl)cc1Cl)[C@@H](Cc1ccccc1)C(=O)NC1CCCC1. The molecule has 7 heteroatoms. The molecular weight excluding hydrogens is 507 g/mol. The van der Waals surface area contributed by atoms with Crippen molar-refractivity contribution < 1.29 is 14.3 Å². The normalized spacial score (nSPS) is 14.2. The maximum atomic E-state index is 13.7. The zero-order chi connectivity index (χ0) is 26.2. The predicted octanol–water partition coefficient (Wildman–Crippen LogP) is 6.38. The second-order valence-corrected chi connectivity index (χ2v) is 10.4. The first kappa shape index (κ1) is 27.0. The zero-order valence-corrected chi connectivity index (χ0v) is 22.5. The Balaban J connectivity index is 1.63. The van der Waals surface area contributed by atoms with Crippen LogP contribution in [-0.4, -0.2) is 35.4 Å². The molecule has 3 aromatic rings. The van der Waals surface area contributed by atoms with Crippen molar-refractivity contribution in [2.24, 2.45) is 0 Å². The third kappa shape index (κ3) is 7.50. The van der Waals surface area contributed by atoms with Crippen LogP contribution in [-0.2, 0) is 22.6 Å². The summed E-state index contributed by atoms with van der Waals surface area (Å²) in [5, 5.41) is 4.02. The minimum Gasteiger partial charge on any atom is -0.482 e. The van der Waals surface area contributed by atoms with Gasteiger partial charge in [0, 0.05) is 24.0 Å². The molecule has 0 aromatic heterocycles. The van der Waals surface area contributed by atoms with E-state index >= 15 is 0 Å². The van der Waals surface area contributed by atoms with E-state index in [0.29, 0.717) is 28.8 Å². The summed E-state index contributed by atoms with van der Waals surface area (Å²) >= 11 is 12.3. The van der Waals surface area contributed by atoms with Gasteiger partial charge in [-0.1, -0.05) is 90.6 Å². The fourth-order valence-electron chi connectivity index (χ4n) is 4.71. The lowest BCUT2D eigenvalue weighted by Crippen LogP contribution is -2.53. The minimum atomic E-state index is -0.695. The van der Waals surface area contributed by atoms with Gasteiger partial charge in [-0.25, -0.2) is 0 Å². The van der Waals surface area contributed by atoms with Gasteiger partial charge in [-0.15, -0.1) is 0 Å². The Morgan fingerprint density at radius 1 is 1.00 bits per heavy atom. The number of aryl methyl sites for hydroxylation is 1. The molecule has 1 aliphatic rings. The highest BCUT2D eigenvalue weighted by atomic mass is 35.5. The highest BCUT2D eigenvalue weighted by Gasteiger charge is 2.32. The molecule has 1 saturated carbocycles. The number of carbonyl (C=O) groups is 2. The molecule has 0 heterocycles. The molecule has 2 amide bonds. The minimum absolute atomic E-state index is 0.137. The number of hydrogen-bond acceptors (Lipinski definition) is 3. The lowest BCUT2D eigenvalue weighted by atomic mass is 10.0. The number of ether oxygens (including phenoxy) is 1. The standard InChI is InChI=1S/C30H32Cl2N2O3/c1-21-9-5-6-12-23(21)19-34(29(35)20-37-28-16-15-24(31)18-26(28)32)27(17-22-10-3-2-4-11-22)30(36)33-25-13-7-8-14-25/h2-6,9-12,15-16,18,25,27H,7-8,13-14,17,19-20H2,1H3,(H,33,36)/t27-/m0/s1. The number of amides is 2. The van der Waals surface area contributed by atoms with E-state index in [2.05, 4.69) is 5.32 Å². The van der Waals surface area contributed by atoms with E-state index < -0.39 is 6.04 Å². The van der Waals surface area contributed by atoms with E-state index in [1.165, 1.54) is 0 Å². The average molecular weight is 540 g/mol. The second-order valence-electron chi connectivity index (χ2n) is 9.51. The second kappa shape index (κ2) is 13.0. The van der Waals surface area contributed by atoms with Gasteiger partial charge in [0.05, 0.1) is 5.02 Å². The number of nitrogens with one attached hydrogen (secondary N) is 1. The summed E-state index contributed by atoms with van der Waals surface area (Å²) in [5.74, 6) is -0.0655. The highest BCUT2D eigenvalue weighted by molar-refractivity contribution is 6.35. The molecule has 0 bridgehead atoms. The van der Waals surface area contributed by atoms with Crippen molar-refractivity contribution in [1.82, 2.24) is 10.2 Å². The molecule has 37 heavy (non-hydrogen) atoms. The fraction of sp³-hybridized carbons (Fsp3) is 0.333. The molecule has 194 valence electrons. The van der Waals surface area contributed by atoms with Gasteiger partial charge in [0.2, 0.25) is 5.91 Å². The van der Waals surface area contributed by atoms with E-state index in [-0.39, 0.29) is 24.5 Å². The van der Waals surface area contributed by atoms with E-state index in [1.807, 2.05) is 61.5 Å². The number of hydrogen-bond donors (Lipinski definition) is 1. The van der Waals surface area contributed by atoms with Crippen molar-refractivity contribution >= 4 is 35.0 Å². The van der Waals surface area contributed by atoms with E-state index in [4.69, 9.17) is 27.9 Å². The third-order valence-corrected chi connectivity index (χ3v) is 7.35. The van der Waals surface area contributed by atoms with Gasteiger partial charge in [0.15, 0.2) is 6.61 Å². The van der Waals surface area contributed by atoms with Crippen molar-refractivity contribution in [3.8, 4) is 5.75 Å². The third-order valence-electron chi connectivity index (χ3n) is 6.82. The molecule has 0 saturated heterocycles. The molecule has 1 N–H and O–H groups in total. The van der Waals surface area contributed by atoms with Gasteiger partial charge < -0.3 is 15.0 Å². The van der Waals surface area contributed by atoms with E-state index in [9.17, 15) is 9.59 Å². The van der Waals surface area contributed by atoms with E-state index in [1.54, 1.807) is 23.1 Å². The Morgan fingerprint density at radius 3 is 2.41 bits per heavy atom. The number of nitrogens with zero attached hydrogens (tertiary/aromatic N) is 1. The summed E-state index contributed by atoms with van der Waals surface area (Å²) in [4.78, 5) is 29.1. The van der Waals surface area contributed by atoms with Gasteiger partial charge in [0.25, 0.3) is 5.91 Å². The number of benzene rings is 3. The molecule has 1 fully saturated rings. The zero-order valence-electron chi connectivity index (χ0n) is 21.0. The van der Waals surface area contributed by atoms with Crippen LogP contribution in [0, 0.1) is 6.92 Å². The summed E-state index contributed by atoms with van der Waals surface area (Å²) in [5.41, 5.74) is 3.02. The van der Waals surface area contributed by atoms with Crippen LogP contribution >= 0.6 is 23.2 Å². The molecule has 0 aliphatic heterocycles. The number of carbonyl (C=O) groups excluding carboxylic acids is 2. The molecule has 5 nitrogen and oxygen atoms in total. The molecular formula is C30H32Cl2N2O3. The number of halogens is 2. The molecule has 0 unspecified atom stereocenters. The van der Waals surface area contributed by atoms with Crippen LogP contribution in [0.5, 0.6) is 5.75 Å². The van der Waals surface area contributed by atoms with Crippen molar-refractivity contribution in [2.45, 2.75) is 57.7 Å². The Labute approximate surface area is 228 Å². The van der Waals surface area contributed by atoms with Crippen molar-refractivity contribution in [3.63, 3.8) is 0 Å². The van der Waals surface area contributed by atoms with Gasteiger partial charge >= 0.3 is 0 Å². The van der Waals surface area contributed by atoms with Gasteiger partial charge in [0.1, 0.15) is 11.8 Å². The molecule has 0 spiro atoms. The Hall–Kier alpha value is -3.02. The van der Waals surface area contributed by atoms with Crippen molar-refractivity contribution in [2.75, 3.05) is 6.61 Å². The fourth-order valence-corrected chi connectivity index (χ4v) is 5.17. The molecule has 0 radical (unpaired) electrons. The van der Waals surface area contributed by atoms with Crippen LogP contribution in [0.2, 0.25) is 10.0 Å². The van der Waals surface area contributed by atoms with Crippen LogP contribution in [0.1, 0.15) is 42.4 Å². The average Bonchev–Trinajstić information content (AvgIpc) is 3.40. The van der Waals surface area contributed by atoms with Crippen LogP contribution in [0.4, 0.5) is 0 Å². The Kier molecular flexibility index (Phi) is 9.48. The summed E-state index contributed by atoms with van der Waals surface area (Å²) in [7, 11) is 0. The first-order valence-electron chi connectivity index (χ1n) is 12.7. The van der Waals surface area contributed by atoms with Crippen LogP contribution in [0.25, 0.3) is 0 Å². The van der Waals surface area contributed by atoms with Gasteiger partial charge in [-0.05, 0) is 54.7 Å². The highest BCUT2D eigenvalue weighted by Crippen LogP contribution is 2.28. The Morgan fingerprint density at radius 2 is 1.70 bits per heavy atom. The van der Waals surface area contributed by atoms with Crippen molar-refractivity contribution in [3.05, 3.63) is 99.5 Å². The summed E-state index contributed by atoms with van der Waals surface area (Å²) in [6.45, 7) is 2.04. The quantitative estimate of drug-likeness (QED) is 0.325. The monoisotopic (exact) mass is 538 g/mol. The molecule has 3 aromatic carbocycles. The smallest absolute Gasteiger partial charge is 0.261 e. The molecule has 1 aliphatic carbocycles. The lowest BCUT2D eigenvalue weighted by molar-refractivity contribution is -0.143. The lowest BCUT2D eigenvalue weighted by Gasteiger charge is -2.32.